The molecule has 0 spiro atoms. The molecule has 4 aromatic rings. The molecule has 0 saturated heterocycles. The number of amides is 1. The summed E-state index contributed by atoms with van der Waals surface area (Å²) in [7, 11) is -4.19. The number of rotatable bonds is 10. The second-order valence-electron chi connectivity index (χ2n) is 9.12. The van der Waals surface area contributed by atoms with Gasteiger partial charge in [0.05, 0.1) is 27.2 Å². The van der Waals surface area contributed by atoms with E-state index < -0.39 is 10.0 Å². The van der Waals surface area contributed by atoms with Crippen molar-refractivity contribution in [3.05, 3.63) is 124 Å². The zero-order valence-corrected chi connectivity index (χ0v) is 24.1. The van der Waals surface area contributed by atoms with Gasteiger partial charge in [0, 0.05) is 30.3 Å². The molecule has 0 aromatic heterocycles. The molecular formula is C30H26Cl2N4O4S. The molecule has 0 atom stereocenters. The van der Waals surface area contributed by atoms with Crippen LogP contribution in [-0.2, 0) is 16.4 Å². The van der Waals surface area contributed by atoms with Crippen LogP contribution in [0.5, 0.6) is 5.75 Å². The van der Waals surface area contributed by atoms with Crippen molar-refractivity contribution in [1.29, 1.82) is 0 Å². The van der Waals surface area contributed by atoms with Gasteiger partial charge in [-0.3, -0.25) is 9.79 Å². The minimum absolute atomic E-state index is 0.0561. The maximum absolute atomic E-state index is 13.6. The smallest absolute Gasteiger partial charge is 0.295 e. The van der Waals surface area contributed by atoms with Crippen molar-refractivity contribution in [2.45, 2.75) is 11.3 Å². The zero-order valence-electron chi connectivity index (χ0n) is 21.8. The molecule has 11 heteroatoms. The van der Waals surface area contributed by atoms with Crippen LogP contribution in [0.2, 0.25) is 10.0 Å². The number of benzene rings is 4. The van der Waals surface area contributed by atoms with Crippen LogP contribution in [0.3, 0.4) is 0 Å². The van der Waals surface area contributed by atoms with Gasteiger partial charge in [-0.1, -0.05) is 70.1 Å². The Hall–Kier alpha value is -4.05. The first-order chi connectivity index (χ1) is 19.8. The van der Waals surface area contributed by atoms with Gasteiger partial charge in [-0.25, -0.2) is 0 Å². The number of carbonyl (C=O) groups is 1. The van der Waals surface area contributed by atoms with E-state index in [1.54, 1.807) is 30.3 Å². The van der Waals surface area contributed by atoms with Crippen molar-refractivity contribution < 1.29 is 18.0 Å². The molecule has 0 bridgehead atoms. The normalized spacial score (nSPS) is 12.8. The Morgan fingerprint density at radius 1 is 0.927 bits per heavy atom. The maximum atomic E-state index is 13.6. The average Bonchev–Trinajstić information content (AvgIpc) is 3.54. The number of nitrogens with zero attached hydrogens (tertiary/aromatic N) is 2. The van der Waals surface area contributed by atoms with E-state index in [0.29, 0.717) is 23.6 Å². The number of hydrogen-bond acceptors (Lipinski definition) is 6. The van der Waals surface area contributed by atoms with E-state index >= 15 is 0 Å². The molecule has 41 heavy (non-hydrogen) atoms. The Morgan fingerprint density at radius 3 is 2.32 bits per heavy atom. The van der Waals surface area contributed by atoms with E-state index in [1.807, 2.05) is 24.3 Å². The zero-order chi connectivity index (χ0) is 28.8. The van der Waals surface area contributed by atoms with Crippen LogP contribution in [0.25, 0.3) is 0 Å². The Labute approximate surface area is 248 Å². The van der Waals surface area contributed by atoms with Gasteiger partial charge in [0.1, 0.15) is 5.84 Å². The first kappa shape index (κ1) is 28.5. The number of para-hydroxylation sites is 1. The first-order valence-electron chi connectivity index (χ1n) is 12.8. The number of amidine groups is 1. The summed E-state index contributed by atoms with van der Waals surface area (Å²) in [4.78, 5) is 22.9. The highest BCUT2D eigenvalue weighted by atomic mass is 35.5. The highest BCUT2D eigenvalue weighted by molar-refractivity contribution is 7.92. The van der Waals surface area contributed by atoms with E-state index in [4.69, 9.17) is 28.0 Å². The Balaban J connectivity index is 1.25. The monoisotopic (exact) mass is 608 g/mol. The van der Waals surface area contributed by atoms with Gasteiger partial charge < -0.3 is 15.5 Å². The van der Waals surface area contributed by atoms with E-state index in [-0.39, 0.29) is 27.3 Å². The van der Waals surface area contributed by atoms with Gasteiger partial charge in [0.15, 0.2) is 5.75 Å². The maximum Gasteiger partial charge on any atom is 0.295 e. The predicted octanol–water partition coefficient (Wildman–Crippen LogP) is 5.51. The molecule has 210 valence electrons. The SMILES string of the molecule is O=C(NCCc1ccc(C2=NCCN2)cc1)c1ccc(S(=O)(=O)N(Oc2ccc(Cl)c(Cl)c2)c2ccccc2)cc1. The van der Waals surface area contributed by atoms with Crippen LogP contribution in [0.15, 0.2) is 107 Å². The summed E-state index contributed by atoms with van der Waals surface area (Å²) in [5.41, 5.74) is 2.73. The van der Waals surface area contributed by atoms with E-state index in [2.05, 4.69) is 15.6 Å². The Kier molecular flexibility index (Phi) is 8.78. The molecule has 0 fully saturated rings. The minimum Gasteiger partial charge on any atom is -0.368 e. The summed E-state index contributed by atoms with van der Waals surface area (Å²) < 4.78 is 28.1. The number of nitrogens with one attached hydrogen (secondary N) is 2. The molecule has 0 aliphatic carbocycles. The van der Waals surface area contributed by atoms with Crippen LogP contribution < -0.4 is 19.9 Å². The van der Waals surface area contributed by atoms with E-state index in [1.165, 1.54) is 42.5 Å². The van der Waals surface area contributed by atoms with Crippen molar-refractivity contribution >= 4 is 50.7 Å². The second-order valence-corrected chi connectivity index (χ2v) is 11.7. The number of hydrogen-bond donors (Lipinski definition) is 2. The lowest BCUT2D eigenvalue weighted by Crippen LogP contribution is -2.34. The topological polar surface area (TPSA) is 100 Å². The summed E-state index contributed by atoms with van der Waals surface area (Å²) in [6, 6.07) is 26.5. The van der Waals surface area contributed by atoms with Crippen molar-refractivity contribution in [1.82, 2.24) is 10.6 Å². The summed E-state index contributed by atoms with van der Waals surface area (Å²) >= 11 is 12.1. The Morgan fingerprint density at radius 2 is 1.66 bits per heavy atom. The van der Waals surface area contributed by atoms with Crippen molar-refractivity contribution in [3.8, 4) is 5.75 Å². The van der Waals surface area contributed by atoms with Gasteiger partial charge in [-0.2, -0.15) is 8.42 Å². The lowest BCUT2D eigenvalue weighted by molar-refractivity contribution is 0.0954. The predicted molar refractivity (Wildman–Crippen MR) is 162 cm³/mol. The molecule has 0 radical (unpaired) electrons. The second kappa shape index (κ2) is 12.6. The lowest BCUT2D eigenvalue weighted by atomic mass is 10.1. The summed E-state index contributed by atoms with van der Waals surface area (Å²) in [6.45, 7) is 2.07. The Bertz CT molecular complexity index is 1660. The number of halogens is 2. The summed E-state index contributed by atoms with van der Waals surface area (Å²) in [5, 5.41) is 6.66. The number of aliphatic imine (C=N–C) groups is 1. The average molecular weight is 610 g/mol. The van der Waals surface area contributed by atoms with Gasteiger partial charge in [0.2, 0.25) is 0 Å². The molecule has 1 heterocycles. The van der Waals surface area contributed by atoms with Crippen molar-refractivity contribution in [3.63, 3.8) is 0 Å². The molecule has 4 aromatic carbocycles. The van der Waals surface area contributed by atoms with Crippen LogP contribution >= 0.6 is 23.2 Å². The van der Waals surface area contributed by atoms with Crippen LogP contribution in [0, 0.1) is 0 Å². The number of carbonyl (C=O) groups excluding carboxylic acids is 1. The highest BCUT2D eigenvalue weighted by Crippen LogP contribution is 2.30. The third-order valence-corrected chi connectivity index (χ3v) is 8.61. The standard InChI is InChI=1S/C30H26Cl2N4O4S/c31-27-15-12-25(20-28(27)32)40-36(24-4-2-1-3-5-24)41(38,39)26-13-10-23(11-14-26)30(37)35-17-16-21-6-8-22(9-7-21)29-33-18-19-34-29/h1-15,20H,16-19H2,(H,33,34)(H,35,37). The van der Waals surface area contributed by atoms with Crippen molar-refractivity contribution in [2.75, 3.05) is 24.1 Å². The fourth-order valence-electron chi connectivity index (χ4n) is 4.14. The van der Waals surface area contributed by atoms with E-state index in [0.717, 1.165) is 34.5 Å². The first-order valence-corrected chi connectivity index (χ1v) is 15.0. The molecule has 1 aliphatic heterocycles. The number of anilines is 1. The molecule has 5 rings (SSSR count). The van der Waals surface area contributed by atoms with Crippen LogP contribution in [0.1, 0.15) is 21.5 Å². The van der Waals surface area contributed by atoms with E-state index in [9.17, 15) is 13.2 Å². The van der Waals surface area contributed by atoms with Gasteiger partial charge in [-0.15, -0.1) is 0 Å². The molecule has 1 aliphatic rings. The molecule has 2 N–H and O–H groups in total. The molecule has 1 amide bonds. The van der Waals surface area contributed by atoms with Crippen LogP contribution in [-0.4, -0.2) is 39.8 Å². The van der Waals surface area contributed by atoms with Crippen molar-refractivity contribution in [2.24, 2.45) is 4.99 Å². The summed E-state index contributed by atoms with van der Waals surface area (Å²) in [5.74, 6) is 0.784. The summed E-state index contributed by atoms with van der Waals surface area (Å²) in [6.07, 6.45) is 0.649. The van der Waals surface area contributed by atoms with Gasteiger partial charge >= 0.3 is 0 Å². The van der Waals surface area contributed by atoms with Crippen LogP contribution in [0.4, 0.5) is 5.69 Å². The molecule has 0 unspecified atom stereocenters. The largest absolute Gasteiger partial charge is 0.368 e. The quantitative estimate of drug-likeness (QED) is 0.231. The minimum atomic E-state index is -4.19. The fraction of sp³-hybridized carbons (Fsp3) is 0.133. The third kappa shape index (κ3) is 6.82. The van der Waals surface area contributed by atoms with Gasteiger partial charge in [0.25, 0.3) is 15.9 Å². The molecular weight excluding hydrogens is 583 g/mol. The number of sulfonamides is 1. The molecule has 0 saturated carbocycles. The lowest BCUT2D eigenvalue weighted by Gasteiger charge is -2.24. The fourth-order valence-corrected chi connectivity index (χ4v) is 5.68. The third-order valence-electron chi connectivity index (χ3n) is 6.28. The highest BCUT2D eigenvalue weighted by Gasteiger charge is 2.28. The van der Waals surface area contributed by atoms with Gasteiger partial charge in [-0.05, 0) is 60.5 Å². The molecule has 8 nitrogen and oxygen atoms in total.